The monoisotopic (exact) mass is 1290 g/mol. The van der Waals surface area contributed by atoms with Crippen LogP contribution in [0.3, 0.4) is 0 Å². The van der Waals surface area contributed by atoms with Crippen LogP contribution in [-0.4, -0.2) is 92.1 Å². The molecule has 28 atom stereocenters. The molecular weight excluding hydrogens is 1190 g/mol. The molecule has 16 aliphatic rings. The van der Waals surface area contributed by atoms with E-state index < -0.39 is 74.3 Å². The Morgan fingerprint density at radius 2 is 1.47 bits per heavy atom. The second-order valence-electron chi connectivity index (χ2n) is 35.8. The van der Waals surface area contributed by atoms with Crippen LogP contribution in [-0.2, 0) is 51.4 Å². The Morgan fingerprint density at radius 3 is 2.28 bits per heavy atom. The predicted octanol–water partition coefficient (Wildman–Crippen LogP) is 12.8. The molecule has 0 unspecified atom stereocenters. The predicted molar refractivity (Wildman–Crippen MR) is 366 cm³/mol. The van der Waals surface area contributed by atoms with Crippen LogP contribution < -0.4 is 5.32 Å². The lowest BCUT2D eigenvalue weighted by atomic mass is 9.29. The molecule has 3 heterocycles. The zero-order valence-electron chi connectivity index (χ0n) is 56.8. The molecule has 13 aliphatic carbocycles. The molecule has 10 nitrogen and oxygen atoms in total. The van der Waals surface area contributed by atoms with Crippen LogP contribution in [0.4, 0.5) is 0 Å². The maximum Gasteiger partial charge on any atom is 0.331 e. The molecule has 3 aliphatic heterocycles. The first-order valence-electron chi connectivity index (χ1n) is 38.5. The lowest BCUT2D eigenvalue weighted by Crippen LogP contribution is -2.88. The van der Waals surface area contributed by atoms with Crippen molar-refractivity contribution in [2.75, 3.05) is 7.05 Å². The summed E-state index contributed by atoms with van der Waals surface area (Å²) in [6, 6.07) is 37.4. The van der Waals surface area contributed by atoms with Crippen LogP contribution in [0.15, 0.2) is 115 Å². The Kier molecular flexibility index (Phi) is 14.2. The molecule has 11 saturated carbocycles. The molecule has 10 heteroatoms. The third-order valence-corrected chi connectivity index (χ3v) is 33.0. The number of hydrogen-bond acceptors (Lipinski definition) is 10. The number of esters is 1. The average Bonchev–Trinajstić information content (AvgIpc) is 1.25. The standard InChI is InChI=1S/C86H103NO9/c1-50-58-20-19-54(36-58)35-52-13-9-14-53(34-52)37-72-64-26-31-80-30-25-60(56-15-7-4-8-16-56)38-63(80)41-69(64)83(80)48-82(49-89)73-27-32-81-47-79(28-23-55(44-79)33-51-11-5-3-6-12-51)29-24-57-17-10-18-61(46-88)65(57)42-71(87-2)66-39-62(75(81)67-43-74(90)96-76(66)67)45-84(81,92)86(73,94)77(91)70-40-59(50)21-22-68(78(83)95-72)85(70,82)93/h3-18,34,43,49-50,54-55,58-60,62-64,66,68-73,75-78,87-88,91-94H,19-23,25-28,30-33,35-42,44-48H2,1-2H3/t50-,54-,55-,58+,59+,60+,62-,63+,64-,66+,68+,69+,70-,71-,72-,73-,75-,76-,77+,78-,79-,80+,81+,82+,83+,84-,85-,86-/m1/s1. The number of benzene rings is 4. The minimum absolute atomic E-state index is 0.0682. The molecule has 1 saturated heterocycles. The number of ether oxygens (including phenoxy) is 2. The molecule has 4 aromatic carbocycles. The summed E-state index contributed by atoms with van der Waals surface area (Å²) in [6.45, 7) is 2.33. The molecule has 506 valence electrons. The van der Waals surface area contributed by atoms with E-state index in [0.717, 1.165) is 119 Å². The number of rotatable bonds is 6. The third-order valence-electron chi connectivity index (χ3n) is 33.0. The van der Waals surface area contributed by atoms with Crippen LogP contribution in [0.5, 0.6) is 0 Å². The lowest BCUT2D eigenvalue weighted by Gasteiger charge is -2.78. The zero-order valence-corrected chi connectivity index (χ0v) is 56.8. The number of nitrogens with one attached hydrogen (secondary N) is 1. The van der Waals surface area contributed by atoms with Crippen molar-refractivity contribution in [2.45, 2.75) is 227 Å². The molecule has 0 radical (unpaired) electrons. The van der Waals surface area contributed by atoms with Crippen molar-refractivity contribution in [1.29, 1.82) is 0 Å². The Balaban J connectivity index is 0.823. The van der Waals surface area contributed by atoms with Gasteiger partial charge in [-0.05, 0) is 283 Å². The van der Waals surface area contributed by atoms with Crippen molar-refractivity contribution < 1.29 is 44.6 Å². The number of hydrogen-bond donors (Lipinski definition) is 6. The Bertz CT molecular complexity index is 3860. The fraction of sp³-hybridized carbons (Fsp3) is 0.651. The van der Waals surface area contributed by atoms with Gasteiger partial charge in [-0.2, -0.15) is 0 Å². The lowest BCUT2D eigenvalue weighted by molar-refractivity contribution is -0.405. The van der Waals surface area contributed by atoms with Crippen LogP contribution in [0, 0.1) is 122 Å². The fourth-order valence-electron chi connectivity index (χ4n) is 29.6. The first kappa shape index (κ1) is 62.1. The van der Waals surface area contributed by atoms with E-state index in [1.807, 2.05) is 19.2 Å². The van der Waals surface area contributed by atoms with Crippen LogP contribution in [0.2, 0.25) is 0 Å². The number of carbonyl (C=O) groups is 2. The van der Waals surface area contributed by atoms with Crippen molar-refractivity contribution in [3.05, 3.63) is 154 Å². The van der Waals surface area contributed by atoms with E-state index in [1.54, 1.807) is 6.08 Å². The van der Waals surface area contributed by atoms with Gasteiger partial charge >= 0.3 is 5.97 Å². The fourth-order valence-corrected chi connectivity index (χ4v) is 29.6. The van der Waals surface area contributed by atoms with E-state index in [-0.39, 0.29) is 84.1 Å². The maximum absolute atomic E-state index is 16.5. The van der Waals surface area contributed by atoms with Crippen molar-refractivity contribution in [3.63, 3.8) is 0 Å². The summed E-state index contributed by atoms with van der Waals surface area (Å²) >= 11 is 0. The molecular formula is C86H103NO9. The number of fused-ring (bicyclic) bond motifs is 12. The molecule has 16 bridgehead atoms. The Hall–Kier alpha value is -4.96. The molecule has 6 N–H and O–H groups in total. The highest BCUT2D eigenvalue weighted by Gasteiger charge is 2.90. The normalized spacial score (nSPS) is 49.4. The van der Waals surface area contributed by atoms with E-state index in [0.29, 0.717) is 75.0 Å². The summed E-state index contributed by atoms with van der Waals surface area (Å²) in [5.41, 5.74) is -1.05. The van der Waals surface area contributed by atoms with Gasteiger partial charge < -0.3 is 45.1 Å². The largest absolute Gasteiger partial charge is 0.454 e. The number of aliphatic hydroxyl groups excluding tert-OH is 2. The molecule has 0 amide bonds. The number of aldehydes is 1. The van der Waals surface area contributed by atoms with E-state index >= 15 is 20.1 Å². The first-order chi connectivity index (χ1) is 46.5. The van der Waals surface area contributed by atoms with Gasteiger partial charge in [-0.1, -0.05) is 116 Å². The van der Waals surface area contributed by atoms with Crippen LogP contribution >= 0.6 is 0 Å². The van der Waals surface area contributed by atoms with Gasteiger partial charge in [0.05, 0.1) is 35.9 Å². The molecule has 4 aromatic rings. The minimum Gasteiger partial charge on any atom is -0.454 e. The van der Waals surface area contributed by atoms with Gasteiger partial charge in [0.2, 0.25) is 0 Å². The highest BCUT2D eigenvalue weighted by molar-refractivity contribution is 5.86. The van der Waals surface area contributed by atoms with E-state index in [9.17, 15) is 15.0 Å². The minimum atomic E-state index is -2.27. The smallest absolute Gasteiger partial charge is 0.331 e. The first-order valence-corrected chi connectivity index (χ1v) is 38.5. The van der Waals surface area contributed by atoms with Gasteiger partial charge in [0.15, 0.2) is 0 Å². The molecule has 0 aromatic heterocycles. The van der Waals surface area contributed by atoms with Gasteiger partial charge in [-0.15, -0.1) is 0 Å². The molecule has 20 rings (SSSR count). The summed E-state index contributed by atoms with van der Waals surface area (Å²) < 4.78 is 15.0. The highest BCUT2D eigenvalue weighted by atomic mass is 16.5. The van der Waals surface area contributed by atoms with Crippen molar-refractivity contribution in [2.24, 2.45) is 110 Å². The van der Waals surface area contributed by atoms with Gasteiger partial charge in [-0.25, -0.2) is 4.79 Å². The molecule has 12 fully saturated rings. The molecule has 4 spiro atoms. The topological polar surface area (TPSA) is 166 Å². The summed E-state index contributed by atoms with van der Waals surface area (Å²) in [5.74, 6) is 7.20. The van der Waals surface area contributed by atoms with Crippen molar-refractivity contribution in [3.8, 4) is 11.8 Å². The van der Waals surface area contributed by atoms with E-state index in [4.69, 9.17) is 9.47 Å². The van der Waals surface area contributed by atoms with Crippen molar-refractivity contribution in [1.82, 2.24) is 5.32 Å². The number of aliphatic hydroxyl groups is 5. The van der Waals surface area contributed by atoms with Gasteiger partial charge in [0.1, 0.15) is 23.6 Å². The third kappa shape index (κ3) is 8.20. The summed E-state index contributed by atoms with van der Waals surface area (Å²) in [6.07, 6.45) is 20.2. The Labute approximate surface area is 569 Å². The van der Waals surface area contributed by atoms with E-state index in [2.05, 4.69) is 115 Å². The SMILES string of the molecule is CN[C@@H]1Cc2c(cccc2CO)C#C[C@@]2(CC[C@H](Cc3ccccc3)C2)C[C@]23CC[C@H]4[C@@](O)([C@@H](O)[C@H]5C[C@@H]6CC[C@H]7[C@H]8O[C@H](Cc9cccc(c9)C[C@H]9CC[C@@H](C9)[C@H]6C)[C@@H]6CC[C@@]9%10CC[C@H](c%11ccccc%11)C[C@H]9C[C@@H]6[C@@]8%10C[C@@]4(C=O)[C@]57O)[C@@]2(O)C[C@H]2C[C@@H]1[C@H]1OC(=O)C=C1[C@@H]23. The van der Waals surface area contributed by atoms with Gasteiger partial charge in [0.25, 0.3) is 0 Å². The highest BCUT2D eigenvalue weighted by Crippen LogP contribution is 2.86. The molecule has 96 heavy (non-hydrogen) atoms. The number of carbonyl (C=O) groups excluding carboxylic acids is 2. The van der Waals surface area contributed by atoms with E-state index in [1.165, 1.54) is 35.0 Å². The quantitative estimate of drug-likeness (QED) is 0.0622. The average molecular weight is 1290 g/mol. The maximum atomic E-state index is 16.5. The number of likely N-dealkylation sites (N-methyl/N-ethyl adjacent to an activating group) is 1. The second-order valence-corrected chi connectivity index (χ2v) is 35.8. The van der Waals surface area contributed by atoms with Gasteiger partial charge in [-0.3, -0.25) is 0 Å². The summed E-state index contributed by atoms with van der Waals surface area (Å²) in [4.78, 5) is 31.0. The second kappa shape index (κ2) is 22.0. The Morgan fingerprint density at radius 1 is 0.698 bits per heavy atom. The van der Waals surface area contributed by atoms with Crippen molar-refractivity contribution >= 4 is 12.3 Å². The zero-order chi connectivity index (χ0) is 65.1. The summed E-state index contributed by atoms with van der Waals surface area (Å²) in [5, 5.41) is 77.2. The van der Waals surface area contributed by atoms with Crippen LogP contribution in [0.1, 0.15) is 187 Å². The summed E-state index contributed by atoms with van der Waals surface area (Å²) in [7, 11) is 1.98. The van der Waals surface area contributed by atoms with Gasteiger partial charge in [0, 0.05) is 57.6 Å². The van der Waals surface area contributed by atoms with Crippen LogP contribution in [0.25, 0.3) is 0 Å².